The predicted molar refractivity (Wildman–Crippen MR) is 94.6 cm³/mol. The van der Waals surface area contributed by atoms with E-state index in [-0.39, 0.29) is 12.0 Å². The van der Waals surface area contributed by atoms with Crippen molar-refractivity contribution in [1.29, 1.82) is 5.26 Å². The van der Waals surface area contributed by atoms with Gasteiger partial charge in [-0.3, -0.25) is 4.90 Å². The first-order valence-electron chi connectivity index (χ1n) is 7.85. The standard InChI is InChI=1S/C19H16Cl2N2O/c1-23-9-15(13-7-6-12(20)8-16(13)21)19(10-22)11-24-17-5-3-2-4-14(17)18(19)23/h2-8,15,18H,9,11H2,1H3/t15-,18-,19-/m0/s1. The first-order chi connectivity index (χ1) is 11.6. The number of benzene rings is 2. The smallest absolute Gasteiger partial charge is 0.124 e. The van der Waals surface area contributed by atoms with E-state index < -0.39 is 5.41 Å². The number of likely N-dealkylation sites (tertiary alicyclic amines) is 1. The summed E-state index contributed by atoms with van der Waals surface area (Å²) < 4.78 is 5.98. The van der Waals surface area contributed by atoms with Gasteiger partial charge in [-0.25, -0.2) is 0 Å². The van der Waals surface area contributed by atoms with Crippen LogP contribution in [0.2, 0.25) is 10.0 Å². The molecule has 0 aromatic heterocycles. The molecule has 2 aromatic rings. The Morgan fingerprint density at radius 3 is 2.75 bits per heavy atom. The van der Waals surface area contributed by atoms with Gasteiger partial charge in [0.15, 0.2) is 0 Å². The molecule has 2 aliphatic rings. The Balaban J connectivity index is 1.87. The molecule has 122 valence electrons. The predicted octanol–water partition coefficient (Wildman–Crippen LogP) is 4.67. The monoisotopic (exact) mass is 358 g/mol. The fourth-order valence-corrected chi connectivity index (χ4v) is 4.74. The summed E-state index contributed by atoms with van der Waals surface area (Å²) in [4.78, 5) is 2.24. The van der Waals surface area contributed by atoms with Crippen molar-refractivity contribution in [2.45, 2.75) is 12.0 Å². The molecule has 0 N–H and O–H groups in total. The van der Waals surface area contributed by atoms with Crippen LogP contribution in [0.25, 0.3) is 0 Å². The molecule has 0 spiro atoms. The van der Waals surface area contributed by atoms with Crippen LogP contribution in [0.3, 0.4) is 0 Å². The Bertz CT molecular complexity index is 848. The van der Waals surface area contributed by atoms with Crippen LogP contribution in [-0.4, -0.2) is 25.1 Å². The molecule has 0 aliphatic carbocycles. The van der Waals surface area contributed by atoms with Crippen LogP contribution in [0.1, 0.15) is 23.1 Å². The second-order valence-corrected chi connectivity index (χ2v) is 7.38. The van der Waals surface area contributed by atoms with E-state index in [1.165, 1.54) is 0 Å². The second kappa shape index (κ2) is 5.67. The molecular weight excluding hydrogens is 343 g/mol. The number of nitrogens with zero attached hydrogens (tertiary/aromatic N) is 2. The number of nitriles is 1. The van der Waals surface area contributed by atoms with E-state index in [1.54, 1.807) is 6.07 Å². The summed E-state index contributed by atoms with van der Waals surface area (Å²) >= 11 is 12.5. The normalized spacial score (nSPS) is 28.6. The van der Waals surface area contributed by atoms with Gasteiger partial charge in [0.25, 0.3) is 0 Å². The zero-order valence-electron chi connectivity index (χ0n) is 13.2. The molecular formula is C19H16Cl2N2O. The van der Waals surface area contributed by atoms with E-state index in [2.05, 4.69) is 18.0 Å². The van der Waals surface area contributed by atoms with Gasteiger partial charge < -0.3 is 4.74 Å². The lowest BCUT2D eigenvalue weighted by molar-refractivity contribution is 0.107. The third-order valence-corrected chi connectivity index (χ3v) is 5.81. The van der Waals surface area contributed by atoms with Crippen molar-refractivity contribution in [2.24, 2.45) is 5.41 Å². The minimum atomic E-state index is -0.666. The fourth-order valence-electron chi connectivity index (χ4n) is 4.20. The molecule has 2 aliphatic heterocycles. The Morgan fingerprint density at radius 2 is 2.00 bits per heavy atom. The van der Waals surface area contributed by atoms with E-state index in [4.69, 9.17) is 27.9 Å². The number of para-hydroxylation sites is 1. The minimum absolute atomic E-state index is 0.0100. The number of hydrogen-bond donors (Lipinski definition) is 0. The highest BCUT2D eigenvalue weighted by atomic mass is 35.5. The molecule has 0 saturated carbocycles. The van der Waals surface area contributed by atoms with Crippen LogP contribution >= 0.6 is 23.2 Å². The van der Waals surface area contributed by atoms with Crippen LogP contribution in [0.5, 0.6) is 5.75 Å². The lowest BCUT2D eigenvalue weighted by atomic mass is 9.69. The SMILES string of the molecule is CN1C[C@@H](c2ccc(Cl)cc2Cl)[C@]2(C#N)COc3ccccc3[C@H]12. The third kappa shape index (κ3) is 2.14. The molecule has 0 radical (unpaired) electrons. The maximum absolute atomic E-state index is 10.1. The largest absolute Gasteiger partial charge is 0.491 e. The molecule has 2 heterocycles. The molecule has 4 rings (SSSR count). The Labute approximate surface area is 151 Å². The van der Waals surface area contributed by atoms with Crippen LogP contribution in [0.15, 0.2) is 42.5 Å². The van der Waals surface area contributed by atoms with Gasteiger partial charge in [0.1, 0.15) is 17.8 Å². The molecule has 0 bridgehead atoms. The van der Waals surface area contributed by atoms with Gasteiger partial charge in [0.2, 0.25) is 0 Å². The van der Waals surface area contributed by atoms with E-state index in [1.807, 2.05) is 36.4 Å². The maximum Gasteiger partial charge on any atom is 0.124 e. The number of likely N-dealkylation sites (N-methyl/N-ethyl adjacent to an activating group) is 1. The highest BCUT2D eigenvalue weighted by Gasteiger charge is 2.58. The Morgan fingerprint density at radius 1 is 1.21 bits per heavy atom. The molecule has 5 heteroatoms. The van der Waals surface area contributed by atoms with Crippen molar-refractivity contribution < 1.29 is 4.74 Å². The summed E-state index contributed by atoms with van der Waals surface area (Å²) in [5.74, 6) is 0.832. The van der Waals surface area contributed by atoms with Crippen molar-refractivity contribution in [1.82, 2.24) is 4.90 Å². The summed E-state index contributed by atoms with van der Waals surface area (Å²) in [6.07, 6.45) is 0. The van der Waals surface area contributed by atoms with Gasteiger partial charge in [-0.05, 0) is 30.8 Å². The van der Waals surface area contributed by atoms with Gasteiger partial charge in [-0.15, -0.1) is 0 Å². The highest BCUT2D eigenvalue weighted by Crippen LogP contribution is 2.58. The van der Waals surface area contributed by atoms with E-state index >= 15 is 0 Å². The van der Waals surface area contributed by atoms with Crippen molar-refractivity contribution in [2.75, 3.05) is 20.2 Å². The quantitative estimate of drug-likeness (QED) is 0.743. The Kier molecular flexibility index (Phi) is 3.73. The van der Waals surface area contributed by atoms with Crippen molar-refractivity contribution >= 4 is 23.2 Å². The van der Waals surface area contributed by atoms with Crippen LogP contribution in [0, 0.1) is 16.7 Å². The molecule has 0 amide bonds. The summed E-state index contributed by atoms with van der Waals surface area (Å²) in [6, 6.07) is 16.1. The van der Waals surface area contributed by atoms with E-state index in [0.29, 0.717) is 16.7 Å². The van der Waals surface area contributed by atoms with Gasteiger partial charge in [-0.2, -0.15) is 5.26 Å². The second-order valence-electron chi connectivity index (χ2n) is 6.54. The number of fused-ring (bicyclic) bond motifs is 3. The zero-order valence-corrected chi connectivity index (χ0v) is 14.7. The third-order valence-electron chi connectivity index (χ3n) is 5.25. The van der Waals surface area contributed by atoms with E-state index in [9.17, 15) is 5.26 Å². The number of hydrogen-bond acceptors (Lipinski definition) is 3. The molecule has 0 unspecified atom stereocenters. The van der Waals surface area contributed by atoms with Gasteiger partial charge in [0, 0.05) is 28.1 Å². The van der Waals surface area contributed by atoms with Gasteiger partial charge in [-0.1, -0.05) is 47.5 Å². The number of ether oxygens (including phenoxy) is 1. The maximum atomic E-state index is 10.1. The summed E-state index contributed by atoms with van der Waals surface area (Å²) in [5.41, 5.74) is 1.36. The lowest BCUT2D eigenvalue weighted by Crippen LogP contribution is -2.40. The number of rotatable bonds is 1. The minimum Gasteiger partial charge on any atom is -0.491 e. The zero-order chi connectivity index (χ0) is 16.9. The first-order valence-corrected chi connectivity index (χ1v) is 8.60. The molecule has 1 saturated heterocycles. The van der Waals surface area contributed by atoms with E-state index in [0.717, 1.165) is 23.4 Å². The molecule has 2 aromatic carbocycles. The molecule has 3 atom stereocenters. The van der Waals surface area contributed by atoms with Gasteiger partial charge in [0.05, 0.1) is 12.1 Å². The average Bonchev–Trinajstić information content (AvgIpc) is 2.88. The lowest BCUT2D eigenvalue weighted by Gasteiger charge is -2.39. The van der Waals surface area contributed by atoms with Crippen LogP contribution in [-0.2, 0) is 0 Å². The summed E-state index contributed by atoms with van der Waals surface area (Å²) in [5, 5.41) is 11.4. The van der Waals surface area contributed by atoms with Gasteiger partial charge >= 0.3 is 0 Å². The highest BCUT2D eigenvalue weighted by molar-refractivity contribution is 6.35. The van der Waals surface area contributed by atoms with Crippen molar-refractivity contribution in [3.63, 3.8) is 0 Å². The van der Waals surface area contributed by atoms with Crippen LogP contribution in [0.4, 0.5) is 0 Å². The Hall–Kier alpha value is -1.73. The molecule has 3 nitrogen and oxygen atoms in total. The van der Waals surface area contributed by atoms with Crippen molar-refractivity contribution in [3.8, 4) is 11.8 Å². The average molecular weight is 359 g/mol. The fraction of sp³-hybridized carbons (Fsp3) is 0.316. The molecule has 1 fully saturated rings. The summed E-state index contributed by atoms with van der Waals surface area (Å²) in [7, 11) is 2.06. The van der Waals surface area contributed by atoms with Crippen LogP contribution < -0.4 is 4.74 Å². The topological polar surface area (TPSA) is 36.3 Å². The van der Waals surface area contributed by atoms with Crippen molar-refractivity contribution in [3.05, 3.63) is 63.6 Å². The molecule has 24 heavy (non-hydrogen) atoms. The first kappa shape index (κ1) is 15.8. The summed E-state index contributed by atoms with van der Waals surface area (Å²) in [6.45, 7) is 1.11. The number of halogens is 2.